The molecule has 8 heteroatoms. The lowest BCUT2D eigenvalue weighted by molar-refractivity contribution is -0.336. The number of ether oxygens (including phenoxy) is 4. The Balaban J connectivity index is 1.41. The lowest BCUT2D eigenvalue weighted by atomic mass is 9.95. The highest BCUT2D eigenvalue weighted by Crippen LogP contribution is 2.36. The maximum absolute atomic E-state index is 11.9. The van der Waals surface area contributed by atoms with Crippen molar-refractivity contribution in [1.82, 2.24) is 5.32 Å². The predicted molar refractivity (Wildman–Crippen MR) is 109 cm³/mol. The van der Waals surface area contributed by atoms with Gasteiger partial charge in [-0.2, -0.15) is 0 Å². The number of benzene rings is 2. The summed E-state index contributed by atoms with van der Waals surface area (Å²) >= 11 is 0. The van der Waals surface area contributed by atoms with E-state index < -0.39 is 36.9 Å². The minimum atomic E-state index is -1.08. The molecule has 0 saturated carbocycles. The largest absolute Gasteiger partial charge is 0.464 e. The van der Waals surface area contributed by atoms with Gasteiger partial charge in [0.25, 0.3) is 0 Å². The summed E-state index contributed by atoms with van der Waals surface area (Å²) in [6.07, 6.45) is -2.56. The van der Waals surface area contributed by atoms with Crippen LogP contribution in [0.1, 0.15) is 19.0 Å². The summed E-state index contributed by atoms with van der Waals surface area (Å²) in [5.74, 6) is 0.776. The van der Waals surface area contributed by atoms with E-state index in [1.54, 1.807) is 12.1 Å². The van der Waals surface area contributed by atoms with Gasteiger partial charge in [0, 0.05) is 12.3 Å². The van der Waals surface area contributed by atoms with Gasteiger partial charge in [-0.1, -0.05) is 36.4 Å². The van der Waals surface area contributed by atoms with Crippen LogP contribution in [0.5, 0.6) is 5.75 Å². The highest BCUT2D eigenvalue weighted by Gasteiger charge is 2.51. The Morgan fingerprint density at radius 3 is 2.74 bits per heavy atom. The number of carbonyl (C=O) groups excluding carboxylic acids is 1. The first-order valence-corrected chi connectivity index (χ1v) is 10.2. The van der Waals surface area contributed by atoms with E-state index >= 15 is 0 Å². The van der Waals surface area contributed by atoms with Crippen LogP contribution in [0.3, 0.4) is 0 Å². The molecule has 2 aliphatic heterocycles. The number of fused-ring (bicyclic) bond motifs is 2. The Labute approximate surface area is 178 Å². The second-order valence-electron chi connectivity index (χ2n) is 7.64. The molecule has 2 fully saturated rings. The molecule has 0 unspecified atom stereocenters. The lowest BCUT2D eigenvalue weighted by Crippen LogP contribution is -2.67. The number of rotatable bonds is 4. The molecular weight excluding hydrogens is 402 g/mol. The molecule has 6 atom stereocenters. The van der Waals surface area contributed by atoms with Crippen LogP contribution in [0.25, 0.3) is 10.8 Å². The Bertz CT molecular complexity index is 1050. The molecule has 0 bridgehead atoms. The maximum atomic E-state index is 11.9. The number of hydrogen-bond acceptors (Lipinski definition) is 7. The molecule has 2 aromatic carbocycles. The van der Waals surface area contributed by atoms with Crippen molar-refractivity contribution >= 4 is 16.7 Å². The molecule has 5 rings (SSSR count). The van der Waals surface area contributed by atoms with Gasteiger partial charge in [-0.15, -0.1) is 0 Å². The van der Waals surface area contributed by atoms with Crippen molar-refractivity contribution in [2.45, 2.75) is 43.9 Å². The zero-order valence-electron chi connectivity index (χ0n) is 16.8. The topological polar surface area (TPSA) is 99.4 Å². The quantitative estimate of drug-likeness (QED) is 0.663. The number of hydrogen-bond donors (Lipinski definition) is 2. The summed E-state index contributed by atoms with van der Waals surface area (Å²) in [4.78, 5) is 11.9. The summed E-state index contributed by atoms with van der Waals surface area (Å²) in [6, 6.07) is 16.1. The number of amides is 1. The maximum Gasteiger partial charge on any atom is 0.223 e. The molecule has 2 N–H and O–H groups in total. The number of carbonyl (C=O) groups is 1. The number of aliphatic hydroxyl groups is 1. The van der Waals surface area contributed by atoms with Crippen LogP contribution < -0.4 is 10.1 Å². The summed E-state index contributed by atoms with van der Waals surface area (Å²) < 4.78 is 29.3. The van der Waals surface area contributed by atoms with E-state index in [1.807, 2.05) is 42.5 Å². The van der Waals surface area contributed by atoms with E-state index in [0.717, 1.165) is 10.8 Å². The van der Waals surface area contributed by atoms with Gasteiger partial charge in [0.15, 0.2) is 5.76 Å². The smallest absolute Gasteiger partial charge is 0.223 e. The fourth-order valence-electron chi connectivity index (χ4n) is 4.07. The molecule has 1 amide bonds. The fourth-order valence-corrected chi connectivity index (χ4v) is 4.07. The van der Waals surface area contributed by atoms with Gasteiger partial charge in [0.05, 0.1) is 12.9 Å². The molecule has 162 valence electrons. The number of nitrogens with one attached hydrogen (secondary N) is 1. The van der Waals surface area contributed by atoms with Crippen LogP contribution in [0.4, 0.5) is 0 Å². The average molecular weight is 425 g/mol. The summed E-state index contributed by atoms with van der Waals surface area (Å²) in [5.41, 5.74) is 0. The van der Waals surface area contributed by atoms with Gasteiger partial charge in [-0.25, -0.2) is 0 Å². The third kappa shape index (κ3) is 3.90. The Morgan fingerprint density at radius 2 is 1.94 bits per heavy atom. The van der Waals surface area contributed by atoms with Crippen LogP contribution in [-0.2, 0) is 19.0 Å². The SMILES string of the molecule is CC(=O)N[C@H]1[C@H](Oc2cccc3ccccc23)O[C@@H]2CO[C@H](c3ccco3)O[C@H]2[C@@H]1O. The molecule has 2 aliphatic rings. The minimum absolute atomic E-state index is 0.176. The van der Waals surface area contributed by atoms with Crippen molar-refractivity contribution in [1.29, 1.82) is 0 Å². The van der Waals surface area contributed by atoms with Crippen LogP contribution in [0.15, 0.2) is 65.3 Å². The normalized spacial score (nSPS) is 30.5. The Hall–Kier alpha value is -2.91. The second kappa shape index (κ2) is 8.32. The standard InChI is InChI=1S/C23H23NO7/c1-13(25)24-19-20(26)21-18(12-28-22(31-21)17-10-5-11-27-17)30-23(19)29-16-9-4-7-14-6-2-3-8-15(14)16/h2-11,18-23,26H,12H2,1H3,(H,24,25)/t18-,19-,20-,21-,22+,23-/m1/s1. The number of aliphatic hydroxyl groups excluding tert-OH is 1. The lowest BCUT2D eigenvalue weighted by Gasteiger charge is -2.47. The van der Waals surface area contributed by atoms with Gasteiger partial charge in [0.1, 0.15) is 30.1 Å². The first-order valence-electron chi connectivity index (χ1n) is 10.2. The molecule has 1 aromatic heterocycles. The predicted octanol–water partition coefficient (Wildman–Crippen LogP) is 2.52. The molecule has 0 aliphatic carbocycles. The molecule has 0 radical (unpaired) electrons. The zero-order chi connectivity index (χ0) is 21.4. The Kier molecular flexibility index (Phi) is 5.37. The van der Waals surface area contributed by atoms with Crippen LogP contribution >= 0.6 is 0 Å². The second-order valence-corrected chi connectivity index (χ2v) is 7.64. The van der Waals surface area contributed by atoms with Crippen LogP contribution in [0, 0.1) is 0 Å². The van der Waals surface area contributed by atoms with E-state index in [-0.39, 0.29) is 12.5 Å². The minimum Gasteiger partial charge on any atom is -0.464 e. The average Bonchev–Trinajstić information content (AvgIpc) is 3.31. The molecule has 3 heterocycles. The van der Waals surface area contributed by atoms with E-state index in [9.17, 15) is 9.90 Å². The van der Waals surface area contributed by atoms with Gasteiger partial charge in [-0.3, -0.25) is 4.79 Å². The highest BCUT2D eigenvalue weighted by atomic mass is 16.8. The molecule has 2 saturated heterocycles. The van der Waals surface area contributed by atoms with E-state index in [4.69, 9.17) is 23.4 Å². The number of furan rings is 1. The van der Waals surface area contributed by atoms with Crippen LogP contribution in [-0.4, -0.2) is 48.3 Å². The van der Waals surface area contributed by atoms with Crippen LogP contribution in [0.2, 0.25) is 0 Å². The summed E-state index contributed by atoms with van der Waals surface area (Å²) in [6.45, 7) is 1.56. The van der Waals surface area contributed by atoms with E-state index in [1.165, 1.54) is 13.2 Å². The molecule has 8 nitrogen and oxygen atoms in total. The molecule has 31 heavy (non-hydrogen) atoms. The van der Waals surface area contributed by atoms with Gasteiger partial charge in [0.2, 0.25) is 18.5 Å². The third-order valence-corrected chi connectivity index (χ3v) is 5.50. The monoisotopic (exact) mass is 425 g/mol. The van der Waals surface area contributed by atoms with Gasteiger partial charge >= 0.3 is 0 Å². The fraction of sp³-hybridized carbons (Fsp3) is 0.348. The first kappa shape index (κ1) is 20.0. The zero-order valence-corrected chi connectivity index (χ0v) is 16.8. The van der Waals surface area contributed by atoms with Crippen molar-refractivity contribution < 1.29 is 33.3 Å². The van der Waals surface area contributed by atoms with Crippen molar-refractivity contribution in [3.63, 3.8) is 0 Å². The van der Waals surface area contributed by atoms with Crippen molar-refractivity contribution in [3.05, 3.63) is 66.6 Å². The first-order chi connectivity index (χ1) is 15.1. The molecular formula is C23H23NO7. The van der Waals surface area contributed by atoms with Crippen molar-refractivity contribution in [3.8, 4) is 5.75 Å². The third-order valence-electron chi connectivity index (χ3n) is 5.50. The summed E-state index contributed by atoms with van der Waals surface area (Å²) in [7, 11) is 0. The Morgan fingerprint density at radius 1 is 1.10 bits per heavy atom. The van der Waals surface area contributed by atoms with E-state index in [2.05, 4.69) is 5.32 Å². The highest BCUT2D eigenvalue weighted by molar-refractivity contribution is 5.88. The van der Waals surface area contributed by atoms with Gasteiger partial charge < -0.3 is 33.8 Å². The van der Waals surface area contributed by atoms with Gasteiger partial charge in [-0.05, 0) is 23.6 Å². The molecule has 3 aromatic rings. The van der Waals surface area contributed by atoms with Crippen molar-refractivity contribution in [2.75, 3.05) is 6.61 Å². The van der Waals surface area contributed by atoms with Crippen molar-refractivity contribution in [2.24, 2.45) is 0 Å². The van der Waals surface area contributed by atoms with E-state index in [0.29, 0.717) is 11.5 Å². The summed E-state index contributed by atoms with van der Waals surface area (Å²) in [5, 5.41) is 15.8. The molecule has 0 spiro atoms.